The van der Waals surface area contributed by atoms with Crippen molar-refractivity contribution in [1.82, 2.24) is 15.5 Å². The predicted molar refractivity (Wildman–Crippen MR) is 90.1 cm³/mol. The maximum Gasteiger partial charge on any atom is 0.287 e. The van der Waals surface area contributed by atoms with Crippen molar-refractivity contribution < 1.29 is 18.7 Å². The Morgan fingerprint density at radius 1 is 1.23 bits per heavy atom. The molecular formula is C17H16N4O5. The molecule has 0 saturated heterocycles. The zero-order valence-corrected chi connectivity index (χ0v) is 14.1. The molecule has 1 amide bonds. The number of nitro benzene ring substituents is 1. The number of carbonyl (C=O) groups is 1. The third kappa shape index (κ3) is 3.61. The van der Waals surface area contributed by atoms with Crippen LogP contribution in [0.4, 0.5) is 5.69 Å². The number of nitro groups is 1. The highest BCUT2D eigenvalue weighted by atomic mass is 16.6. The van der Waals surface area contributed by atoms with Crippen LogP contribution in [-0.4, -0.2) is 21.0 Å². The fourth-order valence-electron chi connectivity index (χ4n) is 2.34. The van der Waals surface area contributed by atoms with E-state index >= 15 is 0 Å². The van der Waals surface area contributed by atoms with Gasteiger partial charge in [0.15, 0.2) is 5.76 Å². The number of carbonyl (C=O) groups excluding carboxylic acids is 1. The number of rotatable bonds is 6. The van der Waals surface area contributed by atoms with E-state index in [2.05, 4.69) is 15.5 Å². The summed E-state index contributed by atoms with van der Waals surface area (Å²) < 4.78 is 10.4. The molecule has 3 rings (SSSR count). The Kier molecular flexibility index (Phi) is 4.78. The van der Waals surface area contributed by atoms with Gasteiger partial charge in [-0.05, 0) is 30.2 Å². The van der Waals surface area contributed by atoms with Gasteiger partial charge in [-0.3, -0.25) is 14.9 Å². The predicted octanol–water partition coefficient (Wildman–Crippen LogP) is 3.36. The summed E-state index contributed by atoms with van der Waals surface area (Å²) >= 11 is 0. The monoisotopic (exact) mass is 356 g/mol. The van der Waals surface area contributed by atoms with Crippen LogP contribution in [0.3, 0.4) is 0 Å². The molecule has 26 heavy (non-hydrogen) atoms. The van der Waals surface area contributed by atoms with Crippen LogP contribution in [0.5, 0.6) is 0 Å². The van der Waals surface area contributed by atoms with Crippen LogP contribution in [-0.2, 0) is 0 Å². The van der Waals surface area contributed by atoms with Crippen molar-refractivity contribution >= 4 is 11.6 Å². The van der Waals surface area contributed by atoms with Crippen molar-refractivity contribution in [3.63, 3.8) is 0 Å². The molecule has 0 bridgehead atoms. The van der Waals surface area contributed by atoms with Crippen LogP contribution in [0.25, 0.3) is 11.4 Å². The fourth-order valence-corrected chi connectivity index (χ4v) is 2.34. The van der Waals surface area contributed by atoms with Gasteiger partial charge >= 0.3 is 0 Å². The van der Waals surface area contributed by atoms with Gasteiger partial charge in [0.05, 0.1) is 11.2 Å². The van der Waals surface area contributed by atoms with Crippen LogP contribution in [0.2, 0.25) is 0 Å². The molecule has 9 nitrogen and oxygen atoms in total. The van der Waals surface area contributed by atoms with E-state index in [1.54, 1.807) is 24.3 Å². The molecule has 1 N–H and O–H groups in total. The molecule has 9 heteroatoms. The van der Waals surface area contributed by atoms with E-state index in [1.165, 1.54) is 18.4 Å². The molecule has 1 atom stereocenters. The lowest BCUT2D eigenvalue weighted by molar-refractivity contribution is -0.384. The highest BCUT2D eigenvalue weighted by molar-refractivity contribution is 5.91. The summed E-state index contributed by atoms with van der Waals surface area (Å²) in [6.07, 6.45) is 1.42. The molecular weight excluding hydrogens is 340 g/mol. The second kappa shape index (κ2) is 7.18. The van der Waals surface area contributed by atoms with E-state index in [0.717, 1.165) is 0 Å². The molecule has 0 saturated carbocycles. The lowest BCUT2D eigenvalue weighted by Gasteiger charge is -2.17. The molecule has 0 unspecified atom stereocenters. The maximum absolute atomic E-state index is 12.2. The van der Waals surface area contributed by atoms with Gasteiger partial charge < -0.3 is 14.3 Å². The zero-order valence-electron chi connectivity index (χ0n) is 14.1. The highest BCUT2D eigenvalue weighted by Gasteiger charge is 2.26. The smallest absolute Gasteiger partial charge is 0.287 e. The number of benzene rings is 1. The first-order chi connectivity index (χ1) is 12.5. The summed E-state index contributed by atoms with van der Waals surface area (Å²) in [5.74, 6) is 0.315. The lowest BCUT2D eigenvalue weighted by atomic mass is 10.0. The van der Waals surface area contributed by atoms with Gasteiger partial charge in [0.1, 0.15) is 6.04 Å². The first-order valence-corrected chi connectivity index (χ1v) is 7.88. The van der Waals surface area contributed by atoms with Gasteiger partial charge in [-0.2, -0.15) is 4.98 Å². The first-order valence-electron chi connectivity index (χ1n) is 7.88. The fraction of sp³-hybridized carbons (Fsp3) is 0.235. The van der Waals surface area contributed by atoms with Gasteiger partial charge in [0.2, 0.25) is 11.7 Å². The number of non-ortho nitro benzene ring substituents is 1. The molecule has 3 aromatic rings. The van der Waals surface area contributed by atoms with Crippen molar-refractivity contribution in [2.75, 3.05) is 0 Å². The van der Waals surface area contributed by atoms with Gasteiger partial charge in [-0.25, -0.2) is 0 Å². The second-order valence-corrected chi connectivity index (χ2v) is 5.93. The van der Waals surface area contributed by atoms with Crippen LogP contribution in [0.1, 0.15) is 36.3 Å². The third-order valence-electron chi connectivity index (χ3n) is 3.74. The van der Waals surface area contributed by atoms with Gasteiger partial charge in [0, 0.05) is 17.7 Å². The molecule has 0 fully saturated rings. The Bertz CT molecular complexity index is 900. The van der Waals surface area contributed by atoms with Crippen molar-refractivity contribution in [3.05, 3.63) is 64.4 Å². The minimum absolute atomic E-state index is 0.0147. The second-order valence-electron chi connectivity index (χ2n) is 5.93. The third-order valence-corrected chi connectivity index (χ3v) is 3.74. The topological polar surface area (TPSA) is 124 Å². The molecule has 0 aliphatic carbocycles. The highest BCUT2D eigenvalue weighted by Crippen LogP contribution is 2.25. The SMILES string of the molecule is CC(C)[C@@H](NC(=O)c1ccco1)c1nc(-c2ccc([N+](=O)[O-])cc2)no1. The molecule has 1 aromatic carbocycles. The van der Waals surface area contributed by atoms with E-state index in [1.807, 2.05) is 13.8 Å². The Hall–Kier alpha value is -3.49. The summed E-state index contributed by atoms with van der Waals surface area (Å²) in [5, 5.41) is 17.4. The average Bonchev–Trinajstić information content (AvgIpc) is 3.31. The van der Waals surface area contributed by atoms with Crippen LogP contribution in [0, 0.1) is 16.0 Å². The summed E-state index contributed by atoms with van der Waals surface area (Å²) in [4.78, 5) is 26.8. The van der Waals surface area contributed by atoms with Crippen LogP contribution < -0.4 is 5.32 Å². The average molecular weight is 356 g/mol. The summed E-state index contributed by atoms with van der Waals surface area (Å²) in [7, 11) is 0. The molecule has 0 aliphatic rings. The van der Waals surface area contributed by atoms with E-state index < -0.39 is 11.0 Å². The standard InChI is InChI=1S/C17H16N4O5/c1-10(2)14(18-16(22)13-4-3-9-25-13)17-19-15(20-26-17)11-5-7-12(8-6-11)21(23)24/h3-10,14H,1-2H3,(H,18,22)/t14-/m1/s1. The normalized spacial score (nSPS) is 12.1. The van der Waals surface area contributed by atoms with E-state index in [4.69, 9.17) is 8.94 Å². The molecule has 2 aromatic heterocycles. The van der Waals surface area contributed by atoms with Gasteiger partial charge in [-0.1, -0.05) is 19.0 Å². The Labute approximate surface area is 148 Å². The first kappa shape index (κ1) is 17.3. The van der Waals surface area contributed by atoms with Crippen molar-refractivity contribution in [1.29, 1.82) is 0 Å². The molecule has 2 heterocycles. The molecule has 0 spiro atoms. The van der Waals surface area contributed by atoms with E-state index in [0.29, 0.717) is 5.56 Å². The summed E-state index contributed by atoms with van der Waals surface area (Å²) in [6.45, 7) is 3.81. The van der Waals surface area contributed by atoms with Gasteiger partial charge in [-0.15, -0.1) is 0 Å². The largest absolute Gasteiger partial charge is 0.459 e. The number of hydrogen-bond donors (Lipinski definition) is 1. The van der Waals surface area contributed by atoms with Crippen molar-refractivity contribution in [2.45, 2.75) is 19.9 Å². The Balaban J connectivity index is 1.81. The molecule has 0 radical (unpaired) electrons. The molecule has 134 valence electrons. The Morgan fingerprint density at radius 2 is 1.96 bits per heavy atom. The van der Waals surface area contributed by atoms with Crippen LogP contribution in [0.15, 0.2) is 51.6 Å². The van der Waals surface area contributed by atoms with E-state index in [-0.39, 0.29) is 35.0 Å². The van der Waals surface area contributed by atoms with E-state index in [9.17, 15) is 14.9 Å². The number of amides is 1. The number of nitrogens with zero attached hydrogens (tertiary/aromatic N) is 3. The lowest BCUT2D eigenvalue weighted by Crippen LogP contribution is -2.31. The minimum Gasteiger partial charge on any atom is -0.459 e. The van der Waals surface area contributed by atoms with Crippen LogP contribution >= 0.6 is 0 Å². The number of aromatic nitrogens is 2. The number of hydrogen-bond acceptors (Lipinski definition) is 7. The number of furan rings is 1. The van der Waals surface area contributed by atoms with Crippen molar-refractivity contribution in [3.8, 4) is 11.4 Å². The summed E-state index contributed by atoms with van der Waals surface area (Å²) in [6, 6.07) is 8.49. The van der Waals surface area contributed by atoms with Gasteiger partial charge in [0.25, 0.3) is 11.6 Å². The summed E-state index contributed by atoms with van der Waals surface area (Å²) in [5.41, 5.74) is 0.550. The molecule has 0 aliphatic heterocycles. The quantitative estimate of drug-likeness (QED) is 0.530. The minimum atomic E-state index is -0.508. The maximum atomic E-state index is 12.2. The Morgan fingerprint density at radius 3 is 2.54 bits per heavy atom. The zero-order chi connectivity index (χ0) is 18.7. The van der Waals surface area contributed by atoms with Crippen molar-refractivity contribution in [2.24, 2.45) is 5.92 Å². The number of nitrogens with one attached hydrogen (secondary N) is 1.